The van der Waals surface area contributed by atoms with Gasteiger partial charge in [0.2, 0.25) is 15.9 Å². The summed E-state index contributed by atoms with van der Waals surface area (Å²) < 4.78 is 52.5. The Balaban J connectivity index is 1.57. The summed E-state index contributed by atoms with van der Waals surface area (Å²) >= 11 is 0. The Morgan fingerprint density at radius 2 is 2.13 bits per heavy atom. The minimum atomic E-state index is -3.29. The standard InChI is InChI=1S/C19H20FN5O4S/c1-11-8-13-14(24-11)4-5-15(17(13)20)29-19-18-12(2)16(9-25(18)22-10-21-19)28-7-6-23-30(3,26)27/h5,8-10,23H,4,6-7H2,1-3H3. The number of halogens is 1. The smallest absolute Gasteiger partial charge is 0.247 e. The van der Waals surface area contributed by atoms with Gasteiger partial charge in [-0.1, -0.05) is 0 Å². The molecule has 0 saturated heterocycles. The van der Waals surface area contributed by atoms with Crippen molar-refractivity contribution in [2.24, 2.45) is 4.99 Å². The lowest BCUT2D eigenvalue weighted by Crippen LogP contribution is -2.26. The highest BCUT2D eigenvalue weighted by Crippen LogP contribution is 2.35. The highest BCUT2D eigenvalue weighted by molar-refractivity contribution is 7.88. The van der Waals surface area contributed by atoms with E-state index >= 15 is 0 Å². The molecule has 0 amide bonds. The summed E-state index contributed by atoms with van der Waals surface area (Å²) in [6.07, 6.45) is 7.81. The van der Waals surface area contributed by atoms with Crippen LogP contribution in [0.3, 0.4) is 0 Å². The molecule has 2 aromatic heterocycles. The molecule has 2 aliphatic rings. The fraction of sp³-hybridized carbons (Fsp3) is 0.316. The molecule has 0 unspecified atom stereocenters. The summed E-state index contributed by atoms with van der Waals surface area (Å²) in [7, 11) is -3.29. The lowest BCUT2D eigenvalue weighted by Gasteiger charge is -2.15. The third-order valence-electron chi connectivity index (χ3n) is 4.59. The molecule has 0 bridgehead atoms. The second-order valence-corrected chi connectivity index (χ2v) is 8.77. The first-order valence-corrected chi connectivity index (χ1v) is 11.1. The van der Waals surface area contributed by atoms with E-state index in [1.165, 1.54) is 10.8 Å². The van der Waals surface area contributed by atoms with Gasteiger partial charge in [0.25, 0.3) is 0 Å². The number of hydrogen-bond donors (Lipinski definition) is 1. The van der Waals surface area contributed by atoms with E-state index in [2.05, 4.69) is 19.8 Å². The molecule has 0 fully saturated rings. The van der Waals surface area contributed by atoms with Crippen molar-refractivity contribution in [2.75, 3.05) is 19.4 Å². The fourth-order valence-electron chi connectivity index (χ4n) is 3.26. The summed E-state index contributed by atoms with van der Waals surface area (Å²) in [5.74, 6) is 0.278. The van der Waals surface area contributed by atoms with Crippen molar-refractivity contribution in [3.8, 4) is 11.6 Å². The van der Waals surface area contributed by atoms with Crippen LogP contribution in [0.15, 0.2) is 52.5 Å². The van der Waals surface area contributed by atoms with Gasteiger partial charge >= 0.3 is 0 Å². The summed E-state index contributed by atoms with van der Waals surface area (Å²) in [4.78, 5) is 8.47. The van der Waals surface area contributed by atoms with Crippen LogP contribution >= 0.6 is 0 Å². The Kier molecular flexibility index (Phi) is 5.16. The number of nitrogens with zero attached hydrogens (tertiary/aromatic N) is 4. The quantitative estimate of drug-likeness (QED) is 0.671. The van der Waals surface area contributed by atoms with Crippen LogP contribution in [-0.4, -0.2) is 48.1 Å². The number of nitrogens with one attached hydrogen (secondary N) is 1. The van der Waals surface area contributed by atoms with Crippen LogP contribution in [0.25, 0.3) is 5.52 Å². The molecular weight excluding hydrogens is 413 g/mol. The Morgan fingerprint density at radius 3 is 2.90 bits per heavy atom. The van der Waals surface area contributed by atoms with Gasteiger partial charge in [0.15, 0.2) is 11.6 Å². The summed E-state index contributed by atoms with van der Waals surface area (Å²) in [6.45, 7) is 3.87. The van der Waals surface area contributed by atoms with Gasteiger partial charge in [-0.25, -0.2) is 22.0 Å². The molecule has 1 aliphatic heterocycles. The first kappa shape index (κ1) is 20.2. The normalized spacial score (nSPS) is 16.3. The minimum absolute atomic E-state index is 0.0796. The maximum absolute atomic E-state index is 14.9. The molecule has 0 aromatic carbocycles. The van der Waals surface area contributed by atoms with Gasteiger partial charge < -0.3 is 9.47 Å². The van der Waals surface area contributed by atoms with E-state index in [0.29, 0.717) is 34.5 Å². The van der Waals surface area contributed by atoms with Crippen molar-refractivity contribution in [1.82, 2.24) is 19.3 Å². The molecule has 2 aromatic rings. The number of aryl methyl sites for hydroxylation is 1. The van der Waals surface area contributed by atoms with Gasteiger partial charge in [0, 0.05) is 29.8 Å². The predicted molar refractivity (Wildman–Crippen MR) is 109 cm³/mol. The van der Waals surface area contributed by atoms with Crippen molar-refractivity contribution < 1.29 is 22.3 Å². The number of fused-ring (bicyclic) bond motifs is 2. The van der Waals surface area contributed by atoms with E-state index < -0.39 is 15.9 Å². The van der Waals surface area contributed by atoms with E-state index in [1.807, 2.05) is 6.92 Å². The van der Waals surface area contributed by atoms with Gasteiger partial charge in [-0.2, -0.15) is 10.1 Å². The number of aromatic nitrogens is 3. The third-order valence-corrected chi connectivity index (χ3v) is 5.32. The molecule has 3 heterocycles. The first-order chi connectivity index (χ1) is 14.2. The molecule has 11 heteroatoms. The first-order valence-electron chi connectivity index (χ1n) is 9.17. The second kappa shape index (κ2) is 7.65. The maximum atomic E-state index is 14.9. The summed E-state index contributed by atoms with van der Waals surface area (Å²) in [5.41, 5.74) is 3.09. The number of sulfonamides is 1. The van der Waals surface area contributed by atoms with E-state index in [9.17, 15) is 12.8 Å². The van der Waals surface area contributed by atoms with Crippen LogP contribution in [0.1, 0.15) is 18.9 Å². The van der Waals surface area contributed by atoms with Gasteiger partial charge in [0.1, 0.15) is 24.2 Å². The third kappa shape index (κ3) is 3.98. The average Bonchev–Trinajstić information content (AvgIpc) is 3.21. The maximum Gasteiger partial charge on any atom is 0.247 e. The van der Waals surface area contributed by atoms with Gasteiger partial charge in [-0.05, 0) is 26.0 Å². The van der Waals surface area contributed by atoms with Crippen molar-refractivity contribution in [3.63, 3.8) is 0 Å². The number of allylic oxidation sites excluding steroid dienone is 5. The zero-order valence-electron chi connectivity index (χ0n) is 16.6. The zero-order valence-corrected chi connectivity index (χ0v) is 17.5. The van der Waals surface area contributed by atoms with Gasteiger partial charge in [-0.3, -0.25) is 4.99 Å². The highest BCUT2D eigenvalue weighted by atomic mass is 32.2. The molecule has 158 valence electrons. The lowest BCUT2D eigenvalue weighted by molar-refractivity contribution is 0.321. The van der Waals surface area contributed by atoms with Crippen molar-refractivity contribution >= 4 is 21.3 Å². The molecule has 1 aliphatic carbocycles. The Labute approximate surface area is 172 Å². The van der Waals surface area contributed by atoms with Crippen molar-refractivity contribution in [1.29, 1.82) is 0 Å². The van der Waals surface area contributed by atoms with Crippen molar-refractivity contribution in [2.45, 2.75) is 20.3 Å². The molecular formula is C19H20FN5O4S. The molecule has 0 radical (unpaired) electrons. The van der Waals surface area contributed by atoms with E-state index in [-0.39, 0.29) is 24.8 Å². The van der Waals surface area contributed by atoms with Crippen LogP contribution in [0.5, 0.6) is 11.6 Å². The number of aliphatic imine (C=N–C) groups is 1. The lowest BCUT2D eigenvalue weighted by atomic mass is 10.0. The zero-order chi connectivity index (χ0) is 21.5. The number of ether oxygens (including phenoxy) is 2. The van der Waals surface area contributed by atoms with Crippen LogP contribution in [0.2, 0.25) is 0 Å². The molecule has 0 spiro atoms. The average molecular weight is 433 g/mol. The number of rotatable bonds is 7. The SMILES string of the molecule is CC1=CC2=C(F)C(Oc3ncnn4cc(OCCNS(C)(=O)=O)c(C)c34)=CCC2=N1. The van der Waals surface area contributed by atoms with Crippen LogP contribution < -0.4 is 14.2 Å². The molecule has 1 N–H and O–H groups in total. The van der Waals surface area contributed by atoms with Gasteiger partial charge in [-0.15, -0.1) is 0 Å². The van der Waals surface area contributed by atoms with Crippen molar-refractivity contribution in [3.05, 3.63) is 53.1 Å². The van der Waals surface area contributed by atoms with E-state index in [1.54, 1.807) is 25.3 Å². The van der Waals surface area contributed by atoms with Crippen LogP contribution in [0, 0.1) is 6.92 Å². The minimum Gasteiger partial charge on any atom is -0.490 e. The molecule has 0 saturated carbocycles. The van der Waals surface area contributed by atoms with Crippen LogP contribution in [0.4, 0.5) is 4.39 Å². The molecule has 30 heavy (non-hydrogen) atoms. The fourth-order valence-corrected chi connectivity index (χ4v) is 3.71. The summed E-state index contributed by atoms with van der Waals surface area (Å²) in [6, 6.07) is 0. The Morgan fingerprint density at radius 1 is 1.33 bits per heavy atom. The highest BCUT2D eigenvalue weighted by Gasteiger charge is 2.26. The molecule has 4 rings (SSSR count). The molecule has 9 nitrogen and oxygen atoms in total. The van der Waals surface area contributed by atoms with Gasteiger partial charge in [0.05, 0.1) is 18.2 Å². The predicted octanol–water partition coefficient (Wildman–Crippen LogP) is 2.21. The topological polar surface area (TPSA) is 107 Å². The number of hydrogen-bond acceptors (Lipinski definition) is 7. The largest absolute Gasteiger partial charge is 0.490 e. The second-order valence-electron chi connectivity index (χ2n) is 6.94. The van der Waals surface area contributed by atoms with E-state index in [0.717, 1.165) is 12.0 Å². The molecule has 0 atom stereocenters. The van der Waals surface area contributed by atoms with E-state index in [4.69, 9.17) is 9.47 Å². The van der Waals surface area contributed by atoms with Crippen LogP contribution in [-0.2, 0) is 10.0 Å². The Bertz CT molecular complexity index is 1260. The summed E-state index contributed by atoms with van der Waals surface area (Å²) in [5, 5.41) is 4.15. The monoisotopic (exact) mass is 433 g/mol. The Hall–Kier alpha value is -3.05.